The van der Waals surface area contributed by atoms with Crippen molar-refractivity contribution < 1.29 is 18.3 Å². The Labute approximate surface area is 161 Å². The van der Waals surface area contributed by atoms with Gasteiger partial charge in [-0.1, -0.05) is 18.2 Å². The number of aryl methyl sites for hydroxylation is 2. The molecule has 1 atom stereocenters. The van der Waals surface area contributed by atoms with Gasteiger partial charge in [0.2, 0.25) is 10.0 Å². The normalized spacial score (nSPS) is 18.0. The minimum Gasteiger partial charge on any atom is -0.493 e. The van der Waals surface area contributed by atoms with Crippen LogP contribution in [0.1, 0.15) is 23.1 Å². The van der Waals surface area contributed by atoms with Gasteiger partial charge >= 0.3 is 0 Å². The first-order chi connectivity index (χ1) is 12.8. The summed E-state index contributed by atoms with van der Waals surface area (Å²) < 4.78 is 30.8. The predicted molar refractivity (Wildman–Crippen MR) is 107 cm³/mol. The van der Waals surface area contributed by atoms with Gasteiger partial charge in [0.1, 0.15) is 5.75 Å². The maximum Gasteiger partial charge on any atom is 0.211 e. The highest BCUT2D eigenvalue weighted by molar-refractivity contribution is 7.88. The van der Waals surface area contributed by atoms with Crippen molar-refractivity contribution in [2.45, 2.75) is 26.9 Å². The quantitative estimate of drug-likeness (QED) is 0.824. The maximum absolute atomic E-state index is 11.6. The van der Waals surface area contributed by atoms with E-state index < -0.39 is 10.0 Å². The Morgan fingerprint density at radius 3 is 2.48 bits per heavy atom. The Balaban J connectivity index is 1.72. The lowest BCUT2D eigenvalue weighted by Crippen LogP contribution is -2.28. The van der Waals surface area contributed by atoms with E-state index >= 15 is 0 Å². The molecule has 1 saturated heterocycles. The first-order valence-corrected chi connectivity index (χ1v) is 11.0. The van der Waals surface area contributed by atoms with E-state index in [1.54, 1.807) is 0 Å². The Kier molecular flexibility index (Phi) is 5.89. The largest absolute Gasteiger partial charge is 0.493 e. The smallest absolute Gasteiger partial charge is 0.211 e. The van der Waals surface area contributed by atoms with Crippen LogP contribution in [0.5, 0.6) is 5.75 Å². The van der Waals surface area contributed by atoms with Gasteiger partial charge < -0.3 is 9.84 Å². The van der Waals surface area contributed by atoms with Crippen LogP contribution in [0.4, 0.5) is 0 Å². The summed E-state index contributed by atoms with van der Waals surface area (Å²) in [6, 6.07) is 12.0. The first kappa shape index (κ1) is 19.9. The van der Waals surface area contributed by atoms with Crippen molar-refractivity contribution in [1.29, 1.82) is 0 Å². The molecular weight excluding hydrogens is 362 g/mol. The van der Waals surface area contributed by atoms with E-state index in [1.165, 1.54) is 10.6 Å². The zero-order valence-corrected chi connectivity index (χ0v) is 16.9. The molecular formula is C21H27NO4S. The highest BCUT2D eigenvalue weighted by atomic mass is 32.2. The van der Waals surface area contributed by atoms with Crippen LogP contribution >= 0.6 is 0 Å². The minimum atomic E-state index is -3.11. The summed E-state index contributed by atoms with van der Waals surface area (Å²) in [5.74, 6) is 1.03. The Morgan fingerprint density at radius 1 is 1.19 bits per heavy atom. The van der Waals surface area contributed by atoms with Gasteiger partial charge in [0, 0.05) is 19.0 Å². The summed E-state index contributed by atoms with van der Waals surface area (Å²) in [4.78, 5) is 0. The van der Waals surface area contributed by atoms with Crippen LogP contribution < -0.4 is 4.74 Å². The van der Waals surface area contributed by atoms with Crippen LogP contribution in [0.25, 0.3) is 11.1 Å². The molecule has 1 aliphatic heterocycles. The summed E-state index contributed by atoms with van der Waals surface area (Å²) >= 11 is 0. The lowest BCUT2D eigenvalue weighted by Gasteiger charge is -2.17. The molecule has 0 spiro atoms. The van der Waals surface area contributed by atoms with Crippen molar-refractivity contribution in [3.05, 3.63) is 53.1 Å². The van der Waals surface area contributed by atoms with Crippen molar-refractivity contribution in [3.63, 3.8) is 0 Å². The Morgan fingerprint density at radius 2 is 1.89 bits per heavy atom. The highest BCUT2D eigenvalue weighted by Gasteiger charge is 2.28. The van der Waals surface area contributed by atoms with Crippen LogP contribution in [0, 0.1) is 19.8 Å². The van der Waals surface area contributed by atoms with Gasteiger partial charge in [-0.2, -0.15) is 0 Å². The topological polar surface area (TPSA) is 66.8 Å². The fourth-order valence-corrected chi connectivity index (χ4v) is 4.65. The molecule has 27 heavy (non-hydrogen) atoms. The molecule has 2 aromatic carbocycles. The average Bonchev–Trinajstić information content (AvgIpc) is 3.09. The van der Waals surface area contributed by atoms with Crippen molar-refractivity contribution >= 4 is 10.0 Å². The number of nitrogens with zero attached hydrogens (tertiary/aromatic N) is 1. The molecule has 3 rings (SSSR count). The van der Waals surface area contributed by atoms with Crippen molar-refractivity contribution in [2.75, 3.05) is 26.0 Å². The second kappa shape index (κ2) is 8.00. The number of ether oxygens (including phenoxy) is 1. The average molecular weight is 390 g/mol. The fraction of sp³-hybridized carbons (Fsp3) is 0.429. The highest BCUT2D eigenvalue weighted by Crippen LogP contribution is 2.32. The standard InChI is InChI=1S/C21H27NO4S/c1-15-9-20(26-14-18-7-8-22(12-18)27(3,24)25)10-16(2)21(15)19-6-4-5-17(11-19)13-23/h4-6,9-11,18,23H,7-8,12-14H2,1-3H3/t18-/m0/s1. The molecule has 1 N–H and O–H groups in total. The van der Waals surface area contributed by atoms with E-state index in [1.807, 2.05) is 36.4 Å². The van der Waals surface area contributed by atoms with Gasteiger partial charge in [0.05, 0.1) is 19.5 Å². The van der Waals surface area contributed by atoms with Gasteiger partial charge in [0.15, 0.2) is 0 Å². The van der Waals surface area contributed by atoms with Gasteiger partial charge in [-0.05, 0) is 66.3 Å². The third kappa shape index (κ3) is 4.69. The van der Waals surface area contributed by atoms with Crippen LogP contribution in [0.2, 0.25) is 0 Å². The molecule has 0 unspecified atom stereocenters. The number of rotatable bonds is 6. The maximum atomic E-state index is 11.6. The lowest BCUT2D eigenvalue weighted by molar-refractivity contribution is 0.255. The molecule has 0 aliphatic carbocycles. The first-order valence-electron chi connectivity index (χ1n) is 9.17. The van der Waals surface area contributed by atoms with Crippen LogP contribution in [-0.2, 0) is 16.6 Å². The number of hydrogen-bond acceptors (Lipinski definition) is 4. The third-order valence-electron chi connectivity index (χ3n) is 5.11. The van der Waals surface area contributed by atoms with Gasteiger partial charge in [0.25, 0.3) is 0 Å². The summed E-state index contributed by atoms with van der Waals surface area (Å²) in [5, 5.41) is 9.37. The van der Waals surface area contributed by atoms with E-state index in [-0.39, 0.29) is 12.5 Å². The van der Waals surface area contributed by atoms with Crippen LogP contribution in [-0.4, -0.2) is 43.8 Å². The van der Waals surface area contributed by atoms with Gasteiger partial charge in [-0.3, -0.25) is 0 Å². The van der Waals surface area contributed by atoms with Crippen molar-refractivity contribution in [3.8, 4) is 16.9 Å². The Bertz CT molecular complexity index is 901. The third-order valence-corrected chi connectivity index (χ3v) is 6.38. The second-order valence-electron chi connectivity index (χ2n) is 7.38. The SMILES string of the molecule is Cc1cc(OC[C@H]2CCN(S(C)(=O)=O)C2)cc(C)c1-c1cccc(CO)c1. The van der Waals surface area contributed by atoms with E-state index in [9.17, 15) is 13.5 Å². The summed E-state index contributed by atoms with van der Waals surface area (Å²) in [6.45, 7) is 5.76. The molecule has 0 aromatic heterocycles. The van der Waals surface area contributed by atoms with Gasteiger partial charge in [-0.15, -0.1) is 0 Å². The van der Waals surface area contributed by atoms with Crippen LogP contribution in [0.3, 0.4) is 0 Å². The molecule has 0 saturated carbocycles. The summed E-state index contributed by atoms with van der Waals surface area (Å²) in [5.41, 5.74) is 5.36. The molecule has 0 amide bonds. The minimum absolute atomic E-state index is 0.0268. The zero-order valence-electron chi connectivity index (χ0n) is 16.1. The molecule has 0 radical (unpaired) electrons. The van der Waals surface area contributed by atoms with E-state index in [4.69, 9.17) is 4.74 Å². The van der Waals surface area contributed by atoms with Gasteiger partial charge in [-0.25, -0.2) is 12.7 Å². The fourth-order valence-electron chi connectivity index (χ4n) is 3.74. The Hall–Kier alpha value is -1.89. The number of hydrogen-bond donors (Lipinski definition) is 1. The molecule has 146 valence electrons. The molecule has 1 aliphatic rings. The molecule has 0 bridgehead atoms. The van der Waals surface area contributed by atoms with Crippen molar-refractivity contribution in [2.24, 2.45) is 5.92 Å². The van der Waals surface area contributed by atoms with E-state index in [0.29, 0.717) is 19.7 Å². The number of aliphatic hydroxyl groups excluding tert-OH is 1. The monoisotopic (exact) mass is 389 g/mol. The predicted octanol–water partition coefficient (Wildman–Crippen LogP) is 3.12. The van der Waals surface area contributed by atoms with E-state index in [0.717, 1.165) is 40.0 Å². The molecule has 2 aromatic rings. The van der Waals surface area contributed by atoms with E-state index in [2.05, 4.69) is 13.8 Å². The molecule has 6 heteroatoms. The number of benzene rings is 2. The summed E-state index contributed by atoms with van der Waals surface area (Å²) in [7, 11) is -3.11. The van der Waals surface area contributed by atoms with Crippen molar-refractivity contribution in [1.82, 2.24) is 4.31 Å². The summed E-state index contributed by atoms with van der Waals surface area (Å²) in [6.07, 6.45) is 2.09. The lowest BCUT2D eigenvalue weighted by atomic mass is 9.94. The van der Waals surface area contributed by atoms with Crippen LogP contribution in [0.15, 0.2) is 36.4 Å². The zero-order chi connectivity index (χ0) is 19.6. The number of aliphatic hydroxyl groups is 1. The molecule has 1 heterocycles. The number of sulfonamides is 1. The second-order valence-corrected chi connectivity index (χ2v) is 9.36. The molecule has 5 nitrogen and oxygen atoms in total. The molecule has 1 fully saturated rings.